The smallest absolute Gasteiger partial charge is 0.172 e. The third kappa shape index (κ3) is 5.01. The zero-order valence-corrected chi connectivity index (χ0v) is 21.9. The van der Waals surface area contributed by atoms with E-state index < -0.39 is 16.1 Å². The number of hydrogen-bond donors (Lipinski definition) is 2. The number of aromatic nitrogens is 5. The van der Waals surface area contributed by atoms with Crippen molar-refractivity contribution in [2.45, 2.75) is 63.9 Å². The summed E-state index contributed by atoms with van der Waals surface area (Å²) in [4.78, 5) is 14.0. The van der Waals surface area contributed by atoms with Gasteiger partial charge in [0.15, 0.2) is 5.82 Å². The average Bonchev–Trinajstić information content (AvgIpc) is 3.28. The van der Waals surface area contributed by atoms with Gasteiger partial charge in [-0.05, 0) is 64.2 Å². The maximum absolute atomic E-state index is 13.0. The SMILES string of the molecule is CCc1cncc(-n2ncc3ccc(-c4cccc([C@@H](N[S+]([O-])C(C)(C)C)C5CC(O)C5)n4)cc32)n1. The monoisotopic (exact) mass is 504 g/mol. The molecule has 4 aromatic rings. The van der Waals surface area contributed by atoms with Crippen molar-refractivity contribution in [1.29, 1.82) is 0 Å². The van der Waals surface area contributed by atoms with Crippen molar-refractivity contribution in [2.24, 2.45) is 5.92 Å². The van der Waals surface area contributed by atoms with E-state index >= 15 is 0 Å². The Morgan fingerprint density at radius 1 is 1.14 bits per heavy atom. The summed E-state index contributed by atoms with van der Waals surface area (Å²) in [5.74, 6) is 0.864. The lowest BCUT2D eigenvalue weighted by Gasteiger charge is -2.38. The first-order valence-electron chi connectivity index (χ1n) is 12.4. The molecule has 8 nitrogen and oxygen atoms in total. The second-order valence-electron chi connectivity index (χ2n) is 10.4. The zero-order chi connectivity index (χ0) is 25.4. The Kier molecular flexibility index (Phi) is 6.82. The van der Waals surface area contributed by atoms with E-state index in [0.29, 0.717) is 18.7 Å². The number of aryl methyl sites for hydroxylation is 1. The highest BCUT2D eigenvalue weighted by molar-refractivity contribution is 7.90. The normalized spacial score (nSPS) is 19.7. The van der Waals surface area contributed by atoms with E-state index in [0.717, 1.165) is 40.0 Å². The lowest BCUT2D eigenvalue weighted by atomic mass is 9.76. The molecular weight excluding hydrogens is 472 g/mol. The summed E-state index contributed by atoms with van der Waals surface area (Å²) in [6, 6.07) is 11.9. The molecule has 1 fully saturated rings. The van der Waals surface area contributed by atoms with Gasteiger partial charge in [0.2, 0.25) is 0 Å². The van der Waals surface area contributed by atoms with E-state index in [-0.39, 0.29) is 18.1 Å². The summed E-state index contributed by atoms with van der Waals surface area (Å²) in [5, 5.41) is 15.5. The lowest BCUT2D eigenvalue weighted by Crippen LogP contribution is -2.46. The molecule has 0 spiro atoms. The predicted molar refractivity (Wildman–Crippen MR) is 142 cm³/mol. The number of nitrogens with one attached hydrogen (secondary N) is 1. The number of fused-ring (bicyclic) bond motifs is 1. The van der Waals surface area contributed by atoms with Gasteiger partial charge in [0.05, 0.1) is 47.1 Å². The third-order valence-electron chi connectivity index (χ3n) is 6.62. The summed E-state index contributed by atoms with van der Waals surface area (Å²) in [7, 11) is 0. The fourth-order valence-corrected chi connectivity index (χ4v) is 5.30. The van der Waals surface area contributed by atoms with Crippen molar-refractivity contribution in [2.75, 3.05) is 0 Å². The third-order valence-corrected chi connectivity index (χ3v) is 8.20. The molecule has 0 radical (unpaired) electrons. The number of aliphatic hydroxyl groups excluding tert-OH is 1. The highest BCUT2D eigenvalue weighted by Crippen LogP contribution is 2.39. The Labute approximate surface area is 214 Å². The summed E-state index contributed by atoms with van der Waals surface area (Å²) >= 11 is -1.26. The molecule has 3 heterocycles. The van der Waals surface area contributed by atoms with Gasteiger partial charge in [-0.25, -0.2) is 9.67 Å². The molecule has 2 N–H and O–H groups in total. The molecule has 0 saturated heterocycles. The van der Waals surface area contributed by atoms with Crippen LogP contribution < -0.4 is 4.72 Å². The summed E-state index contributed by atoms with van der Waals surface area (Å²) < 4.78 is 17.7. The molecular formula is C27H32N6O2S. The lowest BCUT2D eigenvalue weighted by molar-refractivity contribution is 0.0273. The first kappa shape index (κ1) is 24.8. The first-order valence-corrected chi connectivity index (χ1v) is 13.5. The Hall–Kier alpha value is -2.85. The molecule has 1 aromatic carbocycles. The largest absolute Gasteiger partial charge is 0.598 e. The fraction of sp³-hybridized carbons (Fsp3) is 0.407. The van der Waals surface area contributed by atoms with E-state index in [4.69, 9.17) is 4.98 Å². The molecule has 5 rings (SSSR count). The molecule has 1 aliphatic rings. The van der Waals surface area contributed by atoms with Crippen LogP contribution in [0.4, 0.5) is 0 Å². The van der Waals surface area contributed by atoms with Crippen molar-refractivity contribution in [1.82, 2.24) is 29.5 Å². The topological polar surface area (TPSA) is 112 Å². The van der Waals surface area contributed by atoms with Crippen LogP contribution in [0.5, 0.6) is 0 Å². The van der Waals surface area contributed by atoms with Crippen LogP contribution in [0.15, 0.2) is 55.0 Å². The van der Waals surface area contributed by atoms with Gasteiger partial charge < -0.3 is 9.66 Å². The van der Waals surface area contributed by atoms with Gasteiger partial charge in [0, 0.05) is 28.5 Å². The van der Waals surface area contributed by atoms with Gasteiger partial charge in [-0.1, -0.05) is 25.1 Å². The van der Waals surface area contributed by atoms with Gasteiger partial charge in [-0.2, -0.15) is 5.10 Å². The van der Waals surface area contributed by atoms with Gasteiger partial charge in [0.1, 0.15) is 4.75 Å². The number of nitrogens with zero attached hydrogens (tertiary/aromatic N) is 5. The second-order valence-corrected chi connectivity index (χ2v) is 12.4. The van der Waals surface area contributed by atoms with Gasteiger partial charge in [-0.15, -0.1) is 4.72 Å². The molecule has 36 heavy (non-hydrogen) atoms. The molecule has 2 atom stereocenters. The van der Waals surface area contributed by atoms with Gasteiger partial charge >= 0.3 is 0 Å². The van der Waals surface area contributed by atoms with Crippen molar-refractivity contribution in [3.63, 3.8) is 0 Å². The summed E-state index contributed by atoms with van der Waals surface area (Å²) in [6.07, 6.45) is 7.16. The molecule has 0 aliphatic heterocycles. The first-order chi connectivity index (χ1) is 17.2. The molecule has 188 valence electrons. The average molecular weight is 505 g/mol. The van der Waals surface area contributed by atoms with E-state index in [1.165, 1.54) is 0 Å². The molecule has 0 amide bonds. The predicted octanol–water partition coefficient (Wildman–Crippen LogP) is 4.30. The van der Waals surface area contributed by atoms with Crippen molar-refractivity contribution in [3.8, 4) is 17.1 Å². The zero-order valence-electron chi connectivity index (χ0n) is 21.0. The maximum atomic E-state index is 13.0. The van der Waals surface area contributed by atoms with Crippen LogP contribution in [-0.4, -0.2) is 45.2 Å². The van der Waals surface area contributed by atoms with E-state index in [1.807, 2.05) is 57.3 Å². The number of aliphatic hydroxyl groups is 1. The quantitative estimate of drug-likeness (QED) is 0.361. The Morgan fingerprint density at radius 3 is 2.67 bits per heavy atom. The van der Waals surface area contributed by atoms with Crippen LogP contribution in [0.25, 0.3) is 28.0 Å². The molecule has 1 aliphatic carbocycles. The van der Waals surface area contributed by atoms with Crippen LogP contribution in [-0.2, 0) is 17.8 Å². The fourth-order valence-electron chi connectivity index (χ4n) is 4.41. The molecule has 3 aromatic heterocycles. The molecule has 1 saturated carbocycles. The number of benzene rings is 1. The van der Waals surface area contributed by atoms with Crippen LogP contribution in [0.1, 0.15) is 58.0 Å². The minimum atomic E-state index is -1.26. The van der Waals surface area contributed by atoms with Crippen LogP contribution in [0.3, 0.4) is 0 Å². The minimum absolute atomic E-state index is 0.183. The van der Waals surface area contributed by atoms with Crippen molar-refractivity contribution < 1.29 is 9.66 Å². The molecule has 1 unspecified atom stereocenters. The van der Waals surface area contributed by atoms with Gasteiger partial charge in [-0.3, -0.25) is 9.97 Å². The number of pyridine rings is 1. The van der Waals surface area contributed by atoms with Crippen molar-refractivity contribution in [3.05, 3.63) is 66.4 Å². The van der Waals surface area contributed by atoms with Crippen LogP contribution >= 0.6 is 0 Å². The standard InChI is InChI=1S/C27H32N6O2S/c1-5-20-15-28-16-25(30-20)33-24-13-17(9-10-18(24)14-29-33)22-7-6-8-23(31-22)26(19-11-21(34)12-19)32-36(35)27(2,3)4/h6-10,13-16,19,21,26,32,34H,5,11-12H2,1-4H3/t19?,21?,26-,36?/m0/s1. The molecule has 9 heteroatoms. The van der Waals surface area contributed by atoms with E-state index in [9.17, 15) is 9.66 Å². The van der Waals surface area contributed by atoms with Crippen LogP contribution in [0, 0.1) is 5.92 Å². The minimum Gasteiger partial charge on any atom is -0.598 e. The summed E-state index contributed by atoms with van der Waals surface area (Å²) in [5.41, 5.74) is 4.44. The Morgan fingerprint density at radius 2 is 1.94 bits per heavy atom. The maximum Gasteiger partial charge on any atom is 0.172 e. The highest BCUT2D eigenvalue weighted by Gasteiger charge is 2.40. The van der Waals surface area contributed by atoms with Crippen LogP contribution in [0.2, 0.25) is 0 Å². The highest BCUT2D eigenvalue weighted by atomic mass is 32.2. The Bertz CT molecular complexity index is 1360. The van der Waals surface area contributed by atoms with E-state index in [1.54, 1.807) is 17.1 Å². The number of rotatable bonds is 7. The molecule has 0 bridgehead atoms. The second kappa shape index (κ2) is 9.89. The number of hydrogen-bond acceptors (Lipinski definition) is 7. The van der Waals surface area contributed by atoms with Gasteiger partial charge in [0.25, 0.3) is 0 Å². The van der Waals surface area contributed by atoms with Crippen molar-refractivity contribution >= 4 is 22.3 Å². The van der Waals surface area contributed by atoms with E-state index in [2.05, 4.69) is 32.8 Å². The Balaban J connectivity index is 1.50. The summed E-state index contributed by atoms with van der Waals surface area (Å²) in [6.45, 7) is 7.90.